The van der Waals surface area contributed by atoms with Crippen molar-refractivity contribution >= 4 is 5.97 Å². The maximum Gasteiger partial charge on any atom is 0.416 e. The monoisotopic (exact) mass is 387 g/mol. The largest absolute Gasteiger partial charge is 0.478 e. The Kier molecular flexibility index (Phi) is 8.90. The van der Waals surface area contributed by atoms with Gasteiger partial charge in [0.2, 0.25) is 0 Å². The van der Waals surface area contributed by atoms with Gasteiger partial charge in [-0.05, 0) is 49.2 Å². The molecule has 1 unspecified atom stereocenters. The van der Waals surface area contributed by atoms with Crippen molar-refractivity contribution in [1.29, 1.82) is 0 Å². The van der Waals surface area contributed by atoms with Crippen LogP contribution in [-0.2, 0) is 12.6 Å². The zero-order chi connectivity index (χ0) is 20.4. The summed E-state index contributed by atoms with van der Waals surface area (Å²) in [6, 6.07) is 10.0. The fourth-order valence-corrected chi connectivity index (χ4v) is 2.20. The number of aliphatic hydroxyl groups is 1. The van der Waals surface area contributed by atoms with Gasteiger partial charge in [0.25, 0.3) is 0 Å². The first kappa shape index (κ1) is 22.6. The van der Waals surface area contributed by atoms with Crippen LogP contribution in [0.5, 0.6) is 0 Å². The minimum atomic E-state index is -4.29. The van der Waals surface area contributed by atoms with E-state index in [1.54, 1.807) is 6.07 Å². The van der Waals surface area contributed by atoms with Crippen LogP contribution in [0.4, 0.5) is 17.6 Å². The number of halogens is 4. The van der Waals surface area contributed by atoms with Crippen LogP contribution in [0.1, 0.15) is 28.4 Å². The van der Waals surface area contributed by atoms with Gasteiger partial charge in [-0.2, -0.15) is 13.2 Å². The molecule has 0 aliphatic carbocycles. The lowest BCUT2D eigenvalue weighted by Gasteiger charge is -2.14. The molecule has 148 valence electrons. The average Bonchev–Trinajstić information content (AvgIpc) is 2.60. The topological polar surface area (TPSA) is 69.6 Å². The highest BCUT2D eigenvalue weighted by molar-refractivity contribution is 5.87. The van der Waals surface area contributed by atoms with Crippen LogP contribution in [0.25, 0.3) is 0 Å². The molecule has 1 atom stereocenters. The summed E-state index contributed by atoms with van der Waals surface area (Å²) >= 11 is 0. The molecule has 2 rings (SSSR count). The number of carboxylic acid groups (broad SMARTS) is 1. The van der Waals surface area contributed by atoms with Crippen molar-refractivity contribution in [3.8, 4) is 0 Å². The molecule has 0 spiro atoms. The van der Waals surface area contributed by atoms with E-state index in [1.165, 1.54) is 18.2 Å². The smallest absolute Gasteiger partial charge is 0.416 e. The Morgan fingerprint density at radius 1 is 1.15 bits per heavy atom. The highest BCUT2D eigenvalue weighted by atomic mass is 19.4. The number of aromatic carboxylic acids is 1. The zero-order valence-electron chi connectivity index (χ0n) is 14.6. The molecule has 8 heteroatoms. The second kappa shape index (κ2) is 10.6. The number of carboxylic acids is 1. The first-order chi connectivity index (χ1) is 12.6. The number of hydrogen-bond acceptors (Lipinski definition) is 3. The molecule has 2 aromatic carbocycles. The van der Waals surface area contributed by atoms with Crippen molar-refractivity contribution in [1.82, 2.24) is 5.32 Å². The average molecular weight is 387 g/mol. The molecule has 0 saturated heterocycles. The number of rotatable bonds is 6. The lowest BCUT2D eigenvalue weighted by Crippen LogP contribution is -2.30. The van der Waals surface area contributed by atoms with Crippen LogP contribution < -0.4 is 5.32 Å². The van der Waals surface area contributed by atoms with Crippen LogP contribution in [0, 0.1) is 5.82 Å². The molecule has 0 bridgehead atoms. The summed E-state index contributed by atoms with van der Waals surface area (Å²) in [7, 11) is 0. The Morgan fingerprint density at radius 3 is 2.30 bits per heavy atom. The van der Waals surface area contributed by atoms with E-state index >= 15 is 0 Å². The van der Waals surface area contributed by atoms with Gasteiger partial charge in [-0.1, -0.05) is 18.2 Å². The van der Waals surface area contributed by atoms with Crippen LogP contribution in [0.2, 0.25) is 0 Å². The van der Waals surface area contributed by atoms with Gasteiger partial charge in [0.15, 0.2) is 0 Å². The second-order valence-corrected chi connectivity index (χ2v) is 5.79. The maximum atomic E-state index is 12.5. The Labute approximate surface area is 154 Å². The molecule has 3 N–H and O–H groups in total. The van der Waals surface area contributed by atoms with Crippen molar-refractivity contribution in [2.24, 2.45) is 0 Å². The van der Waals surface area contributed by atoms with Crippen molar-refractivity contribution < 1.29 is 32.6 Å². The van der Waals surface area contributed by atoms with Gasteiger partial charge < -0.3 is 15.5 Å². The van der Waals surface area contributed by atoms with E-state index in [1.807, 2.05) is 6.92 Å². The molecule has 0 aliphatic rings. The van der Waals surface area contributed by atoms with E-state index in [0.29, 0.717) is 18.5 Å². The molecule has 0 aliphatic heterocycles. The van der Waals surface area contributed by atoms with Gasteiger partial charge in [-0.25, -0.2) is 9.18 Å². The molecule has 0 aromatic heterocycles. The van der Waals surface area contributed by atoms with Crippen LogP contribution in [-0.4, -0.2) is 35.4 Å². The fraction of sp³-hybridized carbons (Fsp3) is 0.316. The third kappa shape index (κ3) is 8.65. The standard InChI is InChI=1S/C12H16F3NO.C7H5FO2/c1-9(16-5-6-17)7-10-3-2-4-11(8-10)12(13,14)15;8-6-3-1-5(2-4-6)7(9)10/h2-4,8-9,16-17H,5-7H2,1H3;1-4H,(H,9,10). The molecule has 0 amide bonds. The molecule has 0 saturated carbocycles. The lowest BCUT2D eigenvalue weighted by atomic mass is 10.0. The van der Waals surface area contributed by atoms with Gasteiger partial charge in [-0.15, -0.1) is 0 Å². The molecular weight excluding hydrogens is 366 g/mol. The van der Waals surface area contributed by atoms with Crippen molar-refractivity contribution in [3.63, 3.8) is 0 Å². The number of nitrogens with one attached hydrogen (secondary N) is 1. The summed E-state index contributed by atoms with van der Waals surface area (Å²) in [6.45, 7) is 2.34. The summed E-state index contributed by atoms with van der Waals surface area (Å²) in [5.41, 5.74) is 0.114. The Morgan fingerprint density at radius 2 is 1.78 bits per heavy atom. The van der Waals surface area contributed by atoms with Crippen molar-refractivity contribution in [3.05, 3.63) is 71.0 Å². The molecule has 0 heterocycles. The number of alkyl halides is 3. The van der Waals surface area contributed by atoms with E-state index in [2.05, 4.69) is 5.32 Å². The summed E-state index contributed by atoms with van der Waals surface area (Å²) in [6.07, 6.45) is -3.79. The molecule has 4 nitrogen and oxygen atoms in total. The molecule has 2 aromatic rings. The Bertz CT molecular complexity index is 718. The highest BCUT2D eigenvalue weighted by Crippen LogP contribution is 2.29. The predicted octanol–water partition coefficient (Wildman–Crippen LogP) is 3.74. The molecule has 0 fully saturated rings. The summed E-state index contributed by atoms with van der Waals surface area (Å²) in [4.78, 5) is 10.2. The number of carbonyl (C=O) groups is 1. The number of aliphatic hydroxyl groups excluding tert-OH is 1. The van der Waals surface area contributed by atoms with Gasteiger partial charge in [0.1, 0.15) is 5.82 Å². The Balaban J connectivity index is 0.000000309. The molecule has 27 heavy (non-hydrogen) atoms. The summed E-state index contributed by atoms with van der Waals surface area (Å²) in [5.74, 6) is -1.47. The minimum Gasteiger partial charge on any atom is -0.478 e. The van der Waals surface area contributed by atoms with Crippen LogP contribution in [0.3, 0.4) is 0 Å². The van der Waals surface area contributed by atoms with Gasteiger partial charge in [0, 0.05) is 12.6 Å². The summed E-state index contributed by atoms with van der Waals surface area (Å²) < 4.78 is 49.5. The SMILES string of the molecule is CC(Cc1cccc(C(F)(F)F)c1)NCCO.O=C(O)c1ccc(F)cc1. The summed E-state index contributed by atoms with van der Waals surface area (Å²) in [5, 5.41) is 20.0. The zero-order valence-corrected chi connectivity index (χ0v) is 14.6. The highest BCUT2D eigenvalue weighted by Gasteiger charge is 2.30. The predicted molar refractivity (Wildman–Crippen MR) is 93.1 cm³/mol. The van der Waals surface area contributed by atoms with Crippen molar-refractivity contribution in [2.75, 3.05) is 13.2 Å². The Hall–Kier alpha value is -2.45. The van der Waals surface area contributed by atoms with E-state index in [9.17, 15) is 22.4 Å². The van der Waals surface area contributed by atoms with E-state index in [0.717, 1.165) is 24.3 Å². The second-order valence-electron chi connectivity index (χ2n) is 5.79. The van der Waals surface area contributed by atoms with E-state index in [-0.39, 0.29) is 18.2 Å². The molecular formula is C19H21F4NO3. The van der Waals surface area contributed by atoms with Crippen LogP contribution in [0.15, 0.2) is 48.5 Å². The lowest BCUT2D eigenvalue weighted by molar-refractivity contribution is -0.137. The van der Waals surface area contributed by atoms with Crippen molar-refractivity contribution in [2.45, 2.75) is 25.6 Å². The van der Waals surface area contributed by atoms with E-state index < -0.39 is 23.5 Å². The minimum absolute atomic E-state index is 0.0208. The third-order valence-corrected chi connectivity index (χ3v) is 3.49. The normalized spacial score (nSPS) is 12.1. The first-order valence-electron chi connectivity index (χ1n) is 8.12. The fourth-order valence-electron chi connectivity index (χ4n) is 2.20. The number of benzene rings is 2. The molecule has 0 radical (unpaired) electrons. The number of hydrogen-bond donors (Lipinski definition) is 3. The van der Waals surface area contributed by atoms with Gasteiger partial charge in [0.05, 0.1) is 17.7 Å². The third-order valence-electron chi connectivity index (χ3n) is 3.49. The van der Waals surface area contributed by atoms with Crippen LogP contribution >= 0.6 is 0 Å². The van der Waals surface area contributed by atoms with Gasteiger partial charge >= 0.3 is 12.1 Å². The maximum absolute atomic E-state index is 12.5. The first-order valence-corrected chi connectivity index (χ1v) is 8.12. The van der Waals surface area contributed by atoms with Gasteiger partial charge in [-0.3, -0.25) is 0 Å². The quantitative estimate of drug-likeness (QED) is 0.661. The van der Waals surface area contributed by atoms with E-state index in [4.69, 9.17) is 10.2 Å².